The molecule has 1 aliphatic heterocycles. The molecule has 0 radical (unpaired) electrons. The standard InChI is InChI=1S/C23H31N3O6S2/c1-17-15-21(11-12-22(17)32-3)33(28,29)25-18(2)23(27)24-16-19-7-9-20(10-8-19)34(30,31)26-13-5-4-6-14-26/h7-12,15,18,25H,4-6,13-14,16H2,1-3H3,(H,24,27)/t18-/m0/s1. The third kappa shape index (κ3) is 6.15. The summed E-state index contributed by atoms with van der Waals surface area (Å²) in [6, 6.07) is 9.80. The first-order valence-electron chi connectivity index (χ1n) is 11.1. The quantitative estimate of drug-likeness (QED) is 0.534. The SMILES string of the molecule is COc1ccc(S(=O)(=O)N[C@@H](C)C(=O)NCc2ccc(S(=O)(=O)N3CCCCC3)cc2)cc1C. The summed E-state index contributed by atoms with van der Waals surface area (Å²) >= 11 is 0. The van der Waals surface area contributed by atoms with Crippen LogP contribution >= 0.6 is 0 Å². The molecule has 186 valence electrons. The molecule has 1 amide bonds. The first-order valence-corrected chi connectivity index (χ1v) is 14.0. The van der Waals surface area contributed by atoms with Crippen molar-refractivity contribution in [3.63, 3.8) is 0 Å². The molecule has 34 heavy (non-hydrogen) atoms. The van der Waals surface area contributed by atoms with Gasteiger partial charge in [-0.3, -0.25) is 4.79 Å². The fourth-order valence-corrected chi connectivity index (χ4v) is 6.55. The molecular weight excluding hydrogens is 478 g/mol. The molecule has 1 atom stereocenters. The molecule has 0 aliphatic carbocycles. The zero-order valence-corrected chi connectivity index (χ0v) is 21.2. The minimum atomic E-state index is -3.91. The number of piperidine rings is 1. The summed E-state index contributed by atoms with van der Waals surface area (Å²) < 4.78 is 59.8. The van der Waals surface area contributed by atoms with E-state index in [0.717, 1.165) is 19.3 Å². The van der Waals surface area contributed by atoms with Crippen molar-refractivity contribution in [3.05, 3.63) is 53.6 Å². The number of nitrogens with one attached hydrogen (secondary N) is 2. The number of sulfonamides is 2. The molecule has 2 aromatic rings. The van der Waals surface area contributed by atoms with Crippen molar-refractivity contribution in [1.82, 2.24) is 14.3 Å². The fraction of sp³-hybridized carbons (Fsp3) is 0.435. The van der Waals surface area contributed by atoms with E-state index < -0.39 is 32.0 Å². The van der Waals surface area contributed by atoms with Gasteiger partial charge in [0, 0.05) is 19.6 Å². The number of carbonyl (C=O) groups excluding carboxylic acids is 1. The van der Waals surface area contributed by atoms with Crippen molar-refractivity contribution in [2.45, 2.75) is 55.5 Å². The van der Waals surface area contributed by atoms with Crippen LogP contribution in [0.3, 0.4) is 0 Å². The lowest BCUT2D eigenvalue weighted by atomic mass is 10.2. The average molecular weight is 510 g/mol. The number of ether oxygens (including phenoxy) is 1. The van der Waals surface area contributed by atoms with Gasteiger partial charge in [0.15, 0.2) is 0 Å². The van der Waals surface area contributed by atoms with Crippen LogP contribution in [0.15, 0.2) is 52.3 Å². The predicted molar refractivity (Wildman–Crippen MR) is 128 cm³/mol. The van der Waals surface area contributed by atoms with Crippen LogP contribution in [0, 0.1) is 6.92 Å². The predicted octanol–water partition coefficient (Wildman–Crippen LogP) is 2.16. The van der Waals surface area contributed by atoms with Gasteiger partial charge in [-0.15, -0.1) is 0 Å². The molecule has 0 unspecified atom stereocenters. The van der Waals surface area contributed by atoms with Gasteiger partial charge in [-0.25, -0.2) is 16.8 Å². The molecule has 3 rings (SSSR count). The number of rotatable bonds is 9. The van der Waals surface area contributed by atoms with Gasteiger partial charge >= 0.3 is 0 Å². The van der Waals surface area contributed by atoms with E-state index in [9.17, 15) is 21.6 Å². The average Bonchev–Trinajstić information content (AvgIpc) is 2.83. The lowest BCUT2D eigenvalue weighted by Crippen LogP contribution is -2.44. The van der Waals surface area contributed by atoms with Crippen LogP contribution in [0.5, 0.6) is 5.75 Å². The molecule has 1 fully saturated rings. The fourth-order valence-electron chi connectivity index (χ4n) is 3.75. The van der Waals surface area contributed by atoms with Gasteiger partial charge < -0.3 is 10.1 Å². The van der Waals surface area contributed by atoms with Crippen molar-refractivity contribution < 1.29 is 26.4 Å². The van der Waals surface area contributed by atoms with Crippen LogP contribution in [-0.4, -0.2) is 53.3 Å². The summed E-state index contributed by atoms with van der Waals surface area (Å²) in [6.45, 7) is 4.39. The molecule has 1 aliphatic rings. The highest BCUT2D eigenvalue weighted by molar-refractivity contribution is 7.89. The molecule has 0 aromatic heterocycles. The largest absolute Gasteiger partial charge is 0.496 e. The summed E-state index contributed by atoms with van der Waals surface area (Å²) in [5.41, 5.74) is 1.36. The molecule has 1 heterocycles. The maximum atomic E-state index is 12.7. The third-order valence-corrected chi connectivity index (χ3v) is 9.20. The van der Waals surface area contributed by atoms with Crippen molar-refractivity contribution in [3.8, 4) is 5.75 Å². The van der Waals surface area contributed by atoms with Crippen LogP contribution < -0.4 is 14.8 Å². The van der Waals surface area contributed by atoms with Crippen LogP contribution in [0.1, 0.15) is 37.3 Å². The van der Waals surface area contributed by atoms with Crippen molar-refractivity contribution in [2.24, 2.45) is 0 Å². The van der Waals surface area contributed by atoms with E-state index in [-0.39, 0.29) is 16.3 Å². The lowest BCUT2D eigenvalue weighted by Gasteiger charge is -2.25. The van der Waals surface area contributed by atoms with E-state index in [1.807, 2.05) is 0 Å². The second-order valence-electron chi connectivity index (χ2n) is 8.30. The smallest absolute Gasteiger partial charge is 0.243 e. The molecule has 0 saturated carbocycles. The number of nitrogens with zero attached hydrogens (tertiary/aromatic N) is 1. The Morgan fingerprint density at radius 2 is 1.62 bits per heavy atom. The monoisotopic (exact) mass is 509 g/mol. The van der Waals surface area contributed by atoms with Gasteiger partial charge in [0.1, 0.15) is 5.75 Å². The number of benzene rings is 2. The van der Waals surface area contributed by atoms with Gasteiger partial charge in [-0.2, -0.15) is 9.03 Å². The second kappa shape index (κ2) is 10.9. The summed E-state index contributed by atoms with van der Waals surface area (Å²) in [5.74, 6) is 0.0679. The number of carbonyl (C=O) groups is 1. The molecular formula is C23H31N3O6S2. The van der Waals surface area contributed by atoms with E-state index in [0.29, 0.717) is 30.0 Å². The van der Waals surface area contributed by atoms with Crippen LogP contribution in [0.2, 0.25) is 0 Å². The number of hydrogen-bond donors (Lipinski definition) is 2. The number of aryl methyl sites for hydroxylation is 1. The van der Waals surface area contributed by atoms with Crippen LogP contribution in [0.4, 0.5) is 0 Å². The molecule has 11 heteroatoms. The zero-order chi connectivity index (χ0) is 24.9. The van der Waals surface area contributed by atoms with Gasteiger partial charge in [0.2, 0.25) is 26.0 Å². The van der Waals surface area contributed by atoms with Gasteiger partial charge in [0.25, 0.3) is 0 Å². The molecule has 9 nitrogen and oxygen atoms in total. The Bertz CT molecular complexity index is 1220. The van der Waals surface area contributed by atoms with E-state index in [4.69, 9.17) is 4.74 Å². The maximum Gasteiger partial charge on any atom is 0.243 e. The highest BCUT2D eigenvalue weighted by Crippen LogP contribution is 2.22. The Morgan fingerprint density at radius 1 is 1.00 bits per heavy atom. The Labute approximate surface area is 201 Å². The summed E-state index contributed by atoms with van der Waals surface area (Å²) in [7, 11) is -5.92. The molecule has 2 N–H and O–H groups in total. The van der Waals surface area contributed by atoms with E-state index in [2.05, 4.69) is 10.0 Å². The Kier molecular flexibility index (Phi) is 8.34. The number of methoxy groups -OCH3 is 1. The van der Waals surface area contributed by atoms with Crippen LogP contribution in [-0.2, 0) is 31.4 Å². The Hall–Kier alpha value is -2.47. The van der Waals surface area contributed by atoms with Gasteiger partial charge in [-0.1, -0.05) is 18.6 Å². The summed E-state index contributed by atoms with van der Waals surface area (Å²) in [5, 5.41) is 2.68. The molecule has 0 bridgehead atoms. The number of hydrogen-bond acceptors (Lipinski definition) is 6. The normalized spacial score (nSPS) is 16.1. The van der Waals surface area contributed by atoms with Gasteiger partial charge in [-0.05, 0) is 68.1 Å². The highest BCUT2D eigenvalue weighted by atomic mass is 32.2. The van der Waals surface area contributed by atoms with Crippen molar-refractivity contribution in [1.29, 1.82) is 0 Å². The zero-order valence-electron chi connectivity index (χ0n) is 19.6. The Balaban J connectivity index is 1.58. The molecule has 1 saturated heterocycles. The lowest BCUT2D eigenvalue weighted by molar-refractivity contribution is -0.122. The number of amides is 1. The van der Waals surface area contributed by atoms with E-state index >= 15 is 0 Å². The van der Waals surface area contributed by atoms with Gasteiger partial charge in [0.05, 0.1) is 22.9 Å². The minimum Gasteiger partial charge on any atom is -0.496 e. The summed E-state index contributed by atoms with van der Waals surface area (Å²) in [6.07, 6.45) is 2.77. The topological polar surface area (TPSA) is 122 Å². The van der Waals surface area contributed by atoms with Crippen molar-refractivity contribution in [2.75, 3.05) is 20.2 Å². The summed E-state index contributed by atoms with van der Waals surface area (Å²) in [4.78, 5) is 12.7. The first kappa shape index (κ1) is 26.1. The van der Waals surface area contributed by atoms with E-state index in [1.54, 1.807) is 25.1 Å². The maximum absolute atomic E-state index is 12.7. The Morgan fingerprint density at radius 3 is 2.21 bits per heavy atom. The molecule has 2 aromatic carbocycles. The van der Waals surface area contributed by atoms with Crippen LogP contribution in [0.25, 0.3) is 0 Å². The molecule has 0 spiro atoms. The highest BCUT2D eigenvalue weighted by Gasteiger charge is 2.26. The van der Waals surface area contributed by atoms with Crippen molar-refractivity contribution >= 4 is 26.0 Å². The van der Waals surface area contributed by atoms with E-state index in [1.165, 1.54) is 42.6 Å². The second-order valence-corrected chi connectivity index (χ2v) is 12.0. The minimum absolute atomic E-state index is 0.0379. The third-order valence-electron chi connectivity index (χ3n) is 5.74. The first-order chi connectivity index (χ1) is 16.0.